The Labute approximate surface area is 180 Å². The standard InChI is InChI=1S/C23H25FN4OS/c24-20-14-8-7-13-19(20)22-26-27-23(28(22)18-11-5-2-6-12-18)30-16-21(29)25-15-17-9-3-1-4-10-17/h2,5-8,11-14,17H,1,3-4,9-10,15-16H2,(H,25,29). The van der Waals surface area contributed by atoms with Crippen molar-refractivity contribution in [3.63, 3.8) is 0 Å². The third-order valence-corrected chi connectivity index (χ3v) is 6.34. The SMILES string of the molecule is O=C(CSc1nnc(-c2ccccc2F)n1-c1ccccc1)NCC1CCCCC1. The lowest BCUT2D eigenvalue weighted by Crippen LogP contribution is -2.31. The number of para-hydroxylation sites is 1. The number of thioether (sulfide) groups is 1. The van der Waals surface area contributed by atoms with Gasteiger partial charge in [-0.3, -0.25) is 9.36 Å². The molecular formula is C23H25FN4OS. The number of rotatable bonds is 7. The Morgan fingerprint density at radius 2 is 1.77 bits per heavy atom. The quantitative estimate of drug-likeness (QED) is 0.550. The van der Waals surface area contributed by atoms with Crippen molar-refractivity contribution < 1.29 is 9.18 Å². The summed E-state index contributed by atoms with van der Waals surface area (Å²) in [6.07, 6.45) is 6.21. The van der Waals surface area contributed by atoms with Gasteiger partial charge in [-0.1, -0.05) is 61.4 Å². The molecule has 1 saturated carbocycles. The number of aromatic nitrogens is 3. The van der Waals surface area contributed by atoms with Crippen LogP contribution in [-0.4, -0.2) is 33.0 Å². The fraction of sp³-hybridized carbons (Fsp3) is 0.348. The van der Waals surface area contributed by atoms with Gasteiger partial charge in [-0.25, -0.2) is 4.39 Å². The summed E-state index contributed by atoms with van der Waals surface area (Å²) in [6.45, 7) is 0.741. The second kappa shape index (κ2) is 9.89. The van der Waals surface area contributed by atoms with Crippen molar-refractivity contribution in [2.24, 2.45) is 5.92 Å². The Balaban J connectivity index is 1.50. The third-order valence-electron chi connectivity index (χ3n) is 5.41. The number of nitrogens with one attached hydrogen (secondary N) is 1. The van der Waals surface area contributed by atoms with E-state index in [2.05, 4.69) is 15.5 Å². The van der Waals surface area contributed by atoms with Crippen molar-refractivity contribution in [3.05, 3.63) is 60.4 Å². The Kier molecular flexibility index (Phi) is 6.79. The molecule has 2 aromatic carbocycles. The van der Waals surface area contributed by atoms with Crippen molar-refractivity contribution in [1.29, 1.82) is 0 Å². The zero-order valence-electron chi connectivity index (χ0n) is 16.8. The number of hydrogen-bond donors (Lipinski definition) is 1. The molecule has 1 heterocycles. The summed E-state index contributed by atoms with van der Waals surface area (Å²) in [4.78, 5) is 12.4. The summed E-state index contributed by atoms with van der Waals surface area (Å²) in [6, 6.07) is 16.1. The van der Waals surface area contributed by atoms with Crippen LogP contribution in [0.25, 0.3) is 17.1 Å². The lowest BCUT2D eigenvalue weighted by atomic mass is 9.89. The number of carbonyl (C=O) groups excluding carboxylic acids is 1. The molecule has 30 heavy (non-hydrogen) atoms. The molecular weight excluding hydrogens is 399 g/mol. The molecule has 0 aliphatic heterocycles. The molecule has 1 amide bonds. The van der Waals surface area contributed by atoms with Gasteiger partial charge in [-0.15, -0.1) is 10.2 Å². The maximum absolute atomic E-state index is 14.4. The molecule has 0 radical (unpaired) electrons. The number of carbonyl (C=O) groups is 1. The lowest BCUT2D eigenvalue weighted by molar-refractivity contribution is -0.118. The molecule has 1 N–H and O–H groups in total. The van der Waals surface area contributed by atoms with Gasteiger partial charge >= 0.3 is 0 Å². The summed E-state index contributed by atoms with van der Waals surface area (Å²) in [5, 5.41) is 12.1. The van der Waals surface area contributed by atoms with Crippen LogP contribution in [0, 0.1) is 11.7 Å². The molecule has 7 heteroatoms. The van der Waals surface area contributed by atoms with Crippen molar-refractivity contribution in [2.75, 3.05) is 12.3 Å². The van der Waals surface area contributed by atoms with Gasteiger partial charge in [-0.05, 0) is 43.0 Å². The van der Waals surface area contributed by atoms with Crippen LogP contribution in [-0.2, 0) is 4.79 Å². The fourth-order valence-electron chi connectivity index (χ4n) is 3.82. The molecule has 1 fully saturated rings. The molecule has 1 aromatic heterocycles. The summed E-state index contributed by atoms with van der Waals surface area (Å²) < 4.78 is 16.2. The largest absolute Gasteiger partial charge is 0.355 e. The first-order chi connectivity index (χ1) is 14.7. The minimum Gasteiger partial charge on any atom is -0.355 e. The van der Waals surface area contributed by atoms with E-state index in [1.165, 1.54) is 49.9 Å². The second-order valence-corrected chi connectivity index (χ2v) is 8.50. The van der Waals surface area contributed by atoms with Gasteiger partial charge in [0.05, 0.1) is 11.3 Å². The highest BCUT2D eigenvalue weighted by atomic mass is 32.2. The van der Waals surface area contributed by atoms with Crippen LogP contribution in [0.15, 0.2) is 59.8 Å². The van der Waals surface area contributed by atoms with Gasteiger partial charge in [0.2, 0.25) is 5.91 Å². The van der Waals surface area contributed by atoms with E-state index in [9.17, 15) is 9.18 Å². The average Bonchev–Trinajstić information content (AvgIpc) is 3.21. The van der Waals surface area contributed by atoms with E-state index in [0.29, 0.717) is 22.5 Å². The van der Waals surface area contributed by atoms with Crippen molar-refractivity contribution in [3.8, 4) is 17.1 Å². The van der Waals surface area contributed by atoms with Crippen molar-refractivity contribution in [1.82, 2.24) is 20.1 Å². The number of hydrogen-bond acceptors (Lipinski definition) is 4. The lowest BCUT2D eigenvalue weighted by Gasteiger charge is -2.21. The topological polar surface area (TPSA) is 59.8 Å². The molecule has 5 nitrogen and oxygen atoms in total. The van der Waals surface area contributed by atoms with Gasteiger partial charge in [-0.2, -0.15) is 0 Å². The van der Waals surface area contributed by atoms with Crippen LogP contribution in [0.1, 0.15) is 32.1 Å². The Hall–Kier alpha value is -2.67. The molecule has 4 rings (SSSR count). The molecule has 0 saturated heterocycles. The van der Waals surface area contributed by atoms with E-state index in [1.807, 2.05) is 30.3 Å². The zero-order chi connectivity index (χ0) is 20.8. The van der Waals surface area contributed by atoms with Crippen molar-refractivity contribution >= 4 is 17.7 Å². The normalized spacial score (nSPS) is 14.6. The van der Waals surface area contributed by atoms with E-state index < -0.39 is 0 Å². The summed E-state index contributed by atoms with van der Waals surface area (Å²) >= 11 is 1.31. The molecule has 0 atom stereocenters. The fourth-order valence-corrected chi connectivity index (χ4v) is 4.60. The Bertz CT molecular complexity index is 986. The third kappa shape index (κ3) is 4.90. The number of halogens is 1. The highest BCUT2D eigenvalue weighted by Crippen LogP contribution is 2.29. The van der Waals surface area contributed by atoms with E-state index in [1.54, 1.807) is 22.8 Å². The monoisotopic (exact) mass is 424 g/mol. The van der Waals surface area contributed by atoms with Gasteiger partial charge < -0.3 is 5.32 Å². The van der Waals surface area contributed by atoms with Gasteiger partial charge in [0.25, 0.3) is 0 Å². The van der Waals surface area contributed by atoms with Gasteiger partial charge in [0.15, 0.2) is 11.0 Å². The predicted molar refractivity (Wildman–Crippen MR) is 117 cm³/mol. The molecule has 156 valence electrons. The van der Waals surface area contributed by atoms with Crippen LogP contribution in [0.2, 0.25) is 0 Å². The second-order valence-electron chi connectivity index (χ2n) is 7.55. The van der Waals surface area contributed by atoms with Crippen LogP contribution in [0.3, 0.4) is 0 Å². The zero-order valence-corrected chi connectivity index (χ0v) is 17.6. The molecule has 0 spiro atoms. The first-order valence-electron chi connectivity index (χ1n) is 10.4. The maximum Gasteiger partial charge on any atom is 0.230 e. The highest BCUT2D eigenvalue weighted by Gasteiger charge is 2.20. The highest BCUT2D eigenvalue weighted by molar-refractivity contribution is 7.99. The summed E-state index contributed by atoms with van der Waals surface area (Å²) in [5.41, 5.74) is 1.20. The van der Waals surface area contributed by atoms with E-state index in [4.69, 9.17) is 0 Å². The first-order valence-corrected chi connectivity index (χ1v) is 11.4. The van der Waals surface area contributed by atoms with Crippen LogP contribution < -0.4 is 5.32 Å². The Morgan fingerprint density at radius 3 is 2.53 bits per heavy atom. The summed E-state index contributed by atoms with van der Waals surface area (Å²) in [7, 11) is 0. The molecule has 1 aliphatic rings. The molecule has 3 aromatic rings. The Morgan fingerprint density at radius 1 is 1.03 bits per heavy atom. The first kappa shape index (κ1) is 20.6. The smallest absolute Gasteiger partial charge is 0.230 e. The van der Waals surface area contributed by atoms with Crippen LogP contribution in [0.5, 0.6) is 0 Å². The average molecular weight is 425 g/mol. The van der Waals surface area contributed by atoms with E-state index in [0.717, 1.165) is 12.2 Å². The maximum atomic E-state index is 14.4. The van der Waals surface area contributed by atoms with Crippen LogP contribution in [0.4, 0.5) is 4.39 Å². The number of amides is 1. The summed E-state index contributed by atoms with van der Waals surface area (Å²) in [5.74, 6) is 0.886. The number of benzene rings is 2. The van der Waals surface area contributed by atoms with Gasteiger partial charge in [0, 0.05) is 12.2 Å². The van der Waals surface area contributed by atoms with E-state index >= 15 is 0 Å². The van der Waals surface area contributed by atoms with Crippen molar-refractivity contribution in [2.45, 2.75) is 37.3 Å². The van der Waals surface area contributed by atoms with E-state index in [-0.39, 0.29) is 17.5 Å². The predicted octanol–water partition coefficient (Wildman–Crippen LogP) is 4.86. The minimum atomic E-state index is -0.358. The van der Waals surface area contributed by atoms with Gasteiger partial charge in [0.1, 0.15) is 5.82 Å². The van der Waals surface area contributed by atoms with Crippen LogP contribution >= 0.6 is 11.8 Å². The molecule has 0 unspecified atom stereocenters. The molecule has 0 bridgehead atoms. The minimum absolute atomic E-state index is 0.0133. The molecule has 1 aliphatic carbocycles. The number of nitrogens with zero attached hydrogens (tertiary/aromatic N) is 3.